The van der Waals surface area contributed by atoms with Gasteiger partial charge in [0.15, 0.2) is 6.10 Å². The maximum absolute atomic E-state index is 12.8. The van der Waals surface area contributed by atoms with Gasteiger partial charge in [-0.1, -0.05) is 235 Å². The summed E-state index contributed by atoms with van der Waals surface area (Å²) in [4.78, 5) is 35.7. The number of allylic oxidation sites excluding steroid dienone is 28. The smallest absolute Gasteiger partial charge is 0.462 e. The van der Waals surface area contributed by atoms with Crippen LogP contribution in [0.5, 0.6) is 0 Å². The Balaban J connectivity index is 4.21. The lowest BCUT2D eigenvalue weighted by atomic mass is 10.1. The lowest BCUT2D eigenvalue weighted by molar-refractivity contribution is -0.870. The van der Waals surface area contributed by atoms with Crippen molar-refractivity contribution in [2.75, 3.05) is 47.5 Å². The first-order valence-electron chi connectivity index (χ1n) is 31.4. The summed E-state index contributed by atoms with van der Waals surface area (Å²) >= 11 is 0. The van der Waals surface area contributed by atoms with Crippen LogP contribution in [-0.2, 0) is 32.7 Å². The number of carbonyl (C=O) groups is 2. The van der Waals surface area contributed by atoms with Crippen LogP contribution in [0.1, 0.15) is 213 Å². The molecule has 0 radical (unpaired) electrons. The zero-order valence-corrected chi connectivity index (χ0v) is 52.6. The van der Waals surface area contributed by atoms with Gasteiger partial charge < -0.3 is 18.9 Å². The van der Waals surface area contributed by atoms with Crippen molar-refractivity contribution in [3.63, 3.8) is 0 Å². The van der Waals surface area contributed by atoms with Gasteiger partial charge in [-0.15, -0.1) is 0 Å². The van der Waals surface area contributed by atoms with Gasteiger partial charge in [0.1, 0.15) is 19.8 Å². The summed E-state index contributed by atoms with van der Waals surface area (Å²) in [5.41, 5.74) is 0. The summed E-state index contributed by atoms with van der Waals surface area (Å²) in [5, 5.41) is 0. The van der Waals surface area contributed by atoms with E-state index in [4.69, 9.17) is 18.5 Å². The standard InChI is InChI=1S/C71H114NO8P/c1-6-8-10-12-14-16-18-20-22-24-25-26-27-28-29-30-31-32-33-34-35-36-37-38-39-40-41-42-43-44-45-46-47-48-50-52-54-56-58-60-62-64-71(74)80-69(68-79-81(75,76)78-66-65-72(3,4)5)67-77-70(73)63-61-59-57-55-53-51-49-23-21-19-17-15-13-11-9-7-2/h8,10,14,16-17,19-20,22-23,25-26,28-29,31-32,34-35,37-38,40-41,43-44,46-47,49-50,52,69H,6-7,9,11-13,15,18,21,24,27,30,33,36,39,42,45,48,51,53-68H2,1-5H3/p+1/b10-8-,16-14-,19-17-,22-20-,26-25-,29-28-,32-31-,35-34-,38-37-,41-40-,44-43-,47-46-,49-23-,52-50-. The summed E-state index contributed by atoms with van der Waals surface area (Å²) in [6.07, 6.45) is 91.5. The predicted octanol–water partition coefficient (Wildman–Crippen LogP) is 20.2. The van der Waals surface area contributed by atoms with Gasteiger partial charge in [0.2, 0.25) is 0 Å². The number of phosphoric ester groups is 1. The molecule has 0 aliphatic carbocycles. The van der Waals surface area contributed by atoms with Gasteiger partial charge >= 0.3 is 19.8 Å². The van der Waals surface area contributed by atoms with Crippen LogP contribution in [0.4, 0.5) is 0 Å². The molecule has 10 heteroatoms. The average Bonchev–Trinajstić information content (AvgIpc) is 3.43. The normalized spacial score (nSPS) is 14.4. The van der Waals surface area contributed by atoms with Crippen molar-refractivity contribution >= 4 is 19.8 Å². The number of rotatable bonds is 55. The Morgan fingerprint density at radius 3 is 1.05 bits per heavy atom. The molecule has 0 saturated heterocycles. The van der Waals surface area contributed by atoms with E-state index >= 15 is 0 Å². The molecule has 0 aliphatic heterocycles. The fraction of sp³-hybridized carbons (Fsp3) is 0.577. The van der Waals surface area contributed by atoms with Crippen molar-refractivity contribution in [1.29, 1.82) is 0 Å². The molecule has 1 N–H and O–H groups in total. The number of hydrogen-bond acceptors (Lipinski definition) is 7. The number of carbonyl (C=O) groups excluding carboxylic acids is 2. The van der Waals surface area contributed by atoms with Crippen LogP contribution in [0.15, 0.2) is 170 Å². The molecule has 2 unspecified atom stereocenters. The Bertz CT molecular complexity index is 1970. The number of unbranched alkanes of at least 4 members (excludes halogenated alkanes) is 13. The van der Waals surface area contributed by atoms with Crippen LogP contribution in [0, 0.1) is 0 Å². The highest BCUT2D eigenvalue weighted by Gasteiger charge is 2.27. The van der Waals surface area contributed by atoms with Crippen molar-refractivity contribution in [3.05, 3.63) is 170 Å². The van der Waals surface area contributed by atoms with Crippen molar-refractivity contribution < 1.29 is 42.1 Å². The number of hydrogen-bond donors (Lipinski definition) is 1. The van der Waals surface area contributed by atoms with Gasteiger partial charge in [0.05, 0.1) is 27.7 Å². The second-order valence-corrected chi connectivity index (χ2v) is 22.8. The second kappa shape index (κ2) is 60.0. The first-order valence-corrected chi connectivity index (χ1v) is 32.9. The summed E-state index contributed by atoms with van der Waals surface area (Å²) in [6.45, 7) is 4.22. The topological polar surface area (TPSA) is 108 Å². The van der Waals surface area contributed by atoms with E-state index in [2.05, 4.69) is 184 Å². The van der Waals surface area contributed by atoms with Gasteiger partial charge in [-0.2, -0.15) is 0 Å². The summed E-state index contributed by atoms with van der Waals surface area (Å²) in [5.74, 6) is -0.856. The molecule has 0 aromatic carbocycles. The summed E-state index contributed by atoms with van der Waals surface area (Å²) in [7, 11) is 1.43. The van der Waals surface area contributed by atoms with E-state index in [0.717, 1.165) is 141 Å². The number of quaternary nitrogens is 1. The average molecular weight is 1140 g/mol. The van der Waals surface area contributed by atoms with Crippen LogP contribution in [0.2, 0.25) is 0 Å². The highest BCUT2D eigenvalue weighted by molar-refractivity contribution is 7.47. The van der Waals surface area contributed by atoms with E-state index < -0.39 is 32.5 Å². The third-order valence-electron chi connectivity index (χ3n) is 12.5. The molecular formula is C71H115NO8P+. The third-order valence-corrected chi connectivity index (χ3v) is 13.5. The molecule has 0 saturated carbocycles. The second-order valence-electron chi connectivity index (χ2n) is 21.4. The van der Waals surface area contributed by atoms with Gasteiger partial charge in [-0.05, 0) is 135 Å². The first kappa shape index (κ1) is 76.4. The van der Waals surface area contributed by atoms with Gasteiger partial charge in [-0.3, -0.25) is 18.6 Å². The first-order chi connectivity index (χ1) is 39.5. The van der Waals surface area contributed by atoms with Gasteiger partial charge in [-0.25, -0.2) is 4.57 Å². The van der Waals surface area contributed by atoms with Crippen molar-refractivity contribution in [2.45, 2.75) is 219 Å². The van der Waals surface area contributed by atoms with E-state index in [1.165, 1.54) is 32.1 Å². The number of nitrogens with zero attached hydrogens (tertiary/aromatic N) is 1. The van der Waals surface area contributed by atoms with E-state index in [0.29, 0.717) is 23.9 Å². The minimum absolute atomic E-state index is 0.0148. The zero-order chi connectivity index (χ0) is 59.1. The van der Waals surface area contributed by atoms with Crippen LogP contribution in [0.3, 0.4) is 0 Å². The molecular weight excluding hydrogens is 1030 g/mol. The molecule has 0 fully saturated rings. The third kappa shape index (κ3) is 64.4. The van der Waals surface area contributed by atoms with Crippen LogP contribution in [-0.4, -0.2) is 74.9 Å². The fourth-order valence-corrected chi connectivity index (χ4v) is 8.41. The molecule has 0 aromatic rings. The fourth-order valence-electron chi connectivity index (χ4n) is 7.67. The predicted molar refractivity (Wildman–Crippen MR) is 348 cm³/mol. The Kier molecular flexibility index (Phi) is 56.5. The number of esters is 2. The van der Waals surface area contributed by atoms with E-state index in [1.807, 2.05) is 21.1 Å². The molecule has 0 heterocycles. The maximum atomic E-state index is 12.8. The molecule has 0 bridgehead atoms. The number of phosphoric acid groups is 1. The van der Waals surface area contributed by atoms with E-state index in [9.17, 15) is 19.0 Å². The van der Waals surface area contributed by atoms with Crippen LogP contribution in [0.25, 0.3) is 0 Å². The van der Waals surface area contributed by atoms with Crippen LogP contribution >= 0.6 is 7.82 Å². The van der Waals surface area contributed by atoms with Gasteiger partial charge in [0, 0.05) is 12.8 Å². The Hall–Kier alpha value is -4.63. The number of likely N-dealkylation sites (N-methyl/N-ethyl adjacent to an activating group) is 1. The highest BCUT2D eigenvalue weighted by atomic mass is 31.2. The van der Waals surface area contributed by atoms with E-state index in [1.54, 1.807) is 0 Å². The Morgan fingerprint density at radius 1 is 0.395 bits per heavy atom. The molecule has 0 aliphatic rings. The van der Waals surface area contributed by atoms with Crippen molar-refractivity contribution in [1.82, 2.24) is 0 Å². The SMILES string of the molecule is CC/C=C\C/C=C\C/C=C\C/C=C\C/C=C\C/C=C\C/C=C\C/C=C\C/C=C\C/C=C\C/C=C\C/C=C\CCCCCCC(=O)OC(COC(=O)CCCCCCC/C=C\C/C=C\CCCCCC)COP(=O)(O)OCC[N+](C)(C)C. The highest BCUT2D eigenvalue weighted by Crippen LogP contribution is 2.43. The molecule has 0 spiro atoms. The number of ether oxygens (including phenoxy) is 2. The van der Waals surface area contributed by atoms with Crippen molar-refractivity contribution in [3.8, 4) is 0 Å². The monoisotopic (exact) mass is 1140 g/mol. The maximum Gasteiger partial charge on any atom is 0.472 e. The van der Waals surface area contributed by atoms with E-state index in [-0.39, 0.29) is 26.1 Å². The molecule has 2 atom stereocenters. The molecule has 9 nitrogen and oxygen atoms in total. The Labute approximate surface area is 496 Å². The minimum Gasteiger partial charge on any atom is -0.462 e. The van der Waals surface area contributed by atoms with Gasteiger partial charge in [0.25, 0.3) is 0 Å². The Morgan fingerprint density at radius 2 is 0.704 bits per heavy atom. The molecule has 81 heavy (non-hydrogen) atoms. The largest absolute Gasteiger partial charge is 0.472 e. The quantitative estimate of drug-likeness (QED) is 0.0211. The minimum atomic E-state index is -4.41. The lowest BCUT2D eigenvalue weighted by Crippen LogP contribution is -2.37. The lowest BCUT2D eigenvalue weighted by Gasteiger charge is -2.24. The van der Waals surface area contributed by atoms with Crippen LogP contribution < -0.4 is 0 Å². The molecule has 456 valence electrons. The summed E-state index contributed by atoms with van der Waals surface area (Å²) < 4.78 is 34.5. The molecule has 0 aromatic heterocycles. The summed E-state index contributed by atoms with van der Waals surface area (Å²) in [6, 6.07) is 0. The zero-order valence-electron chi connectivity index (χ0n) is 51.7. The molecule has 0 rings (SSSR count). The van der Waals surface area contributed by atoms with Crippen molar-refractivity contribution in [2.24, 2.45) is 0 Å². The molecule has 0 amide bonds.